The maximum absolute atomic E-state index is 11.9. The molecule has 0 radical (unpaired) electrons. The number of H-pyrrole nitrogens is 1. The maximum atomic E-state index is 11.9. The van der Waals surface area contributed by atoms with Gasteiger partial charge in [-0.1, -0.05) is 0 Å². The van der Waals surface area contributed by atoms with Crippen LogP contribution in [0.3, 0.4) is 0 Å². The molecule has 19 heavy (non-hydrogen) atoms. The van der Waals surface area contributed by atoms with Crippen LogP contribution in [0.15, 0.2) is 0 Å². The van der Waals surface area contributed by atoms with E-state index in [1.807, 2.05) is 0 Å². The normalized spacial score (nSPS) is 11.9. The zero-order valence-electron chi connectivity index (χ0n) is 10.6. The van der Waals surface area contributed by atoms with Crippen molar-refractivity contribution in [2.45, 2.75) is 32.7 Å². The number of amides is 1. The minimum atomic E-state index is -1.27. The van der Waals surface area contributed by atoms with E-state index in [2.05, 4.69) is 15.5 Å². The van der Waals surface area contributed by atoms with E-state index in [1.165, 1.54) is 0 Å². The van der Waals surface area contributed by atoms with Crippen molar-refractivity contribution in [3.05, 3.63) is 17.0 Å². The molecule has 0 bridgehead atoms. The van der Waals surface area contributed by atoms with Crippen LogP contribution < -0.4 is 5.32 Å². The van der Waals surface area contributed by atoms with Crippen LogP contribution in [0, 0.1) is 13.8 Å². The molecule has 0 aliphatic carbocycles. The second-order valence-corrected chi connectivity index (χ2v) is 4.11. The first-order chi connectivity index (χ1) is 8.82. The number of aromatic nitrogens is 2. The van der Waals surface area contributed by atoms with Gasteiger partial charge in [0.25, 0.3) is 5.91 Å². The molecule has 8 heteroatoms. The molecule has 1 rings (SSSR count). The van der Waals surface area contributed by atoms with Gasteiger partial charge in [-0.15, -0.1) is 0 Å². The summed E-state index contributed by atoms with van der Waals surface area (Å²) in [6.07, 6.45) is -0.507. The Morgan fingerprint density at radius 3 is 2.37 bits per heavy atom. The average molecular weight is 269 g/mol. The third kappa shape index (κ3) is 3.80. The monoisotopic (exact) mass is 269 g/mol. The number of rotatable bonds is 6. The van der Waals surface area contributed by atoms with Crippen LogP contribution in [-0.4, -0.2) is 44.3 Å². The van der Waals surface area contributed by atoms with Crippen molar-refractivity contribution in [2.24, 2.45) is 0 Å². The molecular formula is C11H15N3O5. The van der Waals surface area contributed by atoms with Crippen molar-refractivity contribution >= 4 is 17.8 Å². The summed E-state index contributed by atoms with van der Waals surface area (Å²) < 4.78 is 0. The van der Waals surface area contributed by atoms with E-state index in [0.717, 1.165) is 0 Å². The Hall–Kier alpha value is -2.38. The van der Waals surface area contributed by atoms with Crippen molar-refractivity contribution in [1.29, 1.82) is 0 Å². The SMILES string of the molecule is Cc1n[nH]c(C)c1C(=O)N[C@@H](CCC(=O)O)C(=O)O. The lowest BCUT2D eigenvalue weighted by atomic mass is 10.1. The fourth-order valence-electron chi connectivity index (χ4n) is 1.64. The molecule has 1 aromatic rings. The van der Waals surface area contributed by atoms with E-state index in [-0.39, 0.29) is 18.4 Å². The van der Waals surface area contributed by atoms with Gasteiger partial charge in [-0.3, -0.25) is 14.7 Å². The van der Waals surface area contributed by atoms with Crippen LogP contribution in [0.5, 0.6) is 0 Å². The quantitative estimate of drug-likeness (QED) is 0.578. The number of aryl methyl sites for hydroxylation is 2. The van der Waals surface area contributed by atoms with Gasteiger partial charge in [0.15, 0.2) is 0 Å². The highest BCUT2D eigenvalue weighted by atomic mass is 16.4. The second kappa shape index (κ2) is 5.98. The minimum absolute atomic E-state index is 0.174. The lowest BCUT2D eigenvalue weighted by Crippen LogP contribution is -2.41. The van der Waals surface area contributed by atoms with Gasteiger partial charge in [0.2, 0.25) is 0 Å². The van der Waals surface area contributed by atoms with Crippen molar-refractivity contribution in [1.82, 2.24) is 15.5 Å². The van der Waals surface area contributed by atoms with Crippen molar-refractivity contribution < 1.29 is 24.6 Å². The highest BCUT2D eigenvalue weighted by molar-refractivity contribution is 5.98. The van der Waals surface area contributed by atoms with Crippen molar-refractivity contribution in [2.75, 3.05) is 0 Å². The topological polar surface area (TPSA) is 132 Å². The molecule has 1 heterocycles. The number of carboxylic acids is 2. The Morgan fingerprint density at radius 2 is 1.95 bits per heavy atom. The van der Waals surface area contributed by atoms with Gasteiger partial charge < -0.3 is 15.5 Å². The summed E-state index contributed by atoms with van der Waals surface area (Å²) in [6.45, 7) is 3.26. The van der Waals surface area contributed by atoms with Crippen LogP contribution in [0.2, 0.25) is 0 Å². The Bertz CT molecular complexity index is 489. The highest BCUT2D eigenvalue weighted by Crippen LogP contribution is 2.10. The number of carbonyl (C=O) groups is 3. The van der Waals surface area contributed by atoms with E-state index >= 15 is 0 Å². The smallest absolute Gasteiger partial charge is 0.326 e. The van der Waals surface area contributed by atoms with Gasteiger partial charge in [-0.05, 0) is 20.3 Å². The highest BCUT2D eigenvalue weighted by Gasteiger charge is 2.24. The van der Waals surface area contributed by atoms with Crippen LogP contribution in [0.4, 0.5) is 0 Å². The predicted molar refractivity (Wildman–Crippen MR) is 63.8 cm³/mol. The Kier molecular flexibility index (Phi) is 4.62. The number of aromatic amines is 1. The molecule has 0 fully saturated rings. The van der Waals surface area contributed by atoms with Crippen LogP contribution in [-0.2, 0) is 9.59 Å². The molecule has 4 N–H and O–H groups in total. The number of nitrogens with one attached hydrogen (secondary N) is 2. The molecule has 0 unspecified atom stereocenters. The van der Waals surface area contributed by atoms with Gasteiger partial charge in [-0.25, -0.2) is 4.79 Å². The first-order valence-corrected chi connectivity index (χ1v) is 5.60. The van der Waals surface area contributed by atoms with E-state index < -0.39 is 23.9 Å². The second-order valence-electron chi connectivity index (χ2n) is 4.11. The fourth-order valence-corrected chi connectivity index (χ4v) is 1.64. The minimum Gasteiger partial charge on any atom is -0.481 e. The van der Waals surface area contributed by atoms with Crippen LogP contribution >= 0.6 is 0 Å². The number of carbonyl (C=O) groups excluding carboxylic acids is 1. The Balaban J connectivity index is 2.77. The fraction of sp³-hybridized carbons (Fsp3) is 0.455. The zero-order chi connectivity index (χ0) is 14.6. The van der Waals surface area contributed by atoms with E-state index in [0.29, 0.717) is 11.4 Å². The summed E-state index contributed by atoms with van der Waals surface area (Å²) in [5.74, 6) is -2.97. The molecule has 1 amide bonds. The molecule has 1 atom stereocenters. The third-order valence-corrected chi connectivity index (χ3v) is 2.61. The van der Waals surface area contributed by atoms with Gasteiger partial charge in [-0.2, -0.15) is 5.10 Å². The van der Waals surface area contributed by atoms with E-state index in [9.17, 15) is 14.4 Å². The molecule has 8 nitrogen and oxygen atoms in total. The van der Waals surface area contributed by atoms with Gasteiger partial charge in [0.05, 0.1) is 11.3 Å². The van der Waals surface area contributed by atoms with Gasteiger partial charge in [0, 0.05) is 12.1 Å². The molecule has 0 saturated carbocycles. The number of nitrogens with zero attached hydrogens (tertiary/aromatic N) is 1. The molecule has 0 aromatic carbocycles. The van der Waals surface area contributed by atoms with Crippen molar-refractivity contribution in [3.63, 3.8) is 0 Å². The first-order valence-electron chi connectivity index (χ1n) is 5.60. The number of hydrogen-bond donors (Lipinski definition) is 4. The molecule has 0 aliphatic heterocycles. The lowest BCUT2D eigenvalue weighted by Gasteiger charge is -2.13. The predicted octanol–water partition coefficient (Wildman–Crippen LogP) is 0.0743. The zero-order valence-corrected chi connectivity index (χ0v) is 10.6. The third-order valence-electron chi connectivity index (χ3n) is 2.61. The summed E-state index contributed by atoms with van der Waals surface area (Å²) in [7, 11) is 0. The van der Waals surface area contributed by atoms with Gasteiger partial charge >= 0.3 is 11.9 Å². The Labute approximate surface area is 108 Å². The summed E-state index contributed by atoms with van der Waals surface area (Å²) in [6, 6.07) is -1.24. The summed E-state index contributed by atoms with van der Waals surface area (Å²) in [4.78, 5) is 33.3. The summed E-state index contributed by atoms with van der Waals surface area (Å²) in [5.41, 5.74) is 1.26. The maximum Gasteiger partial charge on any atom is 0.326 e. The number of carboxylic acid groups (broad SMARTS) is 2. The van der Waals surface area contributed by atoms with Crippen molar-refractivity contribution in [3.8, 4) is 0 Å². The molecule has 1 aromatic heterocycles. The molecule has 104 valence electrons. The standard InChI is InChI=1S/C11H15N3O5/c1-5-9(6(2)14-13-5)10(17)12-7(11(18)19)3-4-8(15)16/h7H,3-4H2,1-2H3,(H,12,17)(H,13,14)(H,15,16)(H,18,19)/t7-/m0/s1. The average Bonchev–Trinajstić information content (AvgIpc) is 2.63. The largest absolute Gasteiger partial charge is 0.481 e. The van der Waals surface area contributed by atoms with Crippen LogP contribution in [0.1, 0.15) is 34.6 Å². The summed E-state index contributed by atoms with van der Waals surface area (Å²) >= 11 is 0. The van der Waals surface area contributed by atoms with Gasteiger partial charge in [0.1, 0.15) is 6.04 Å². The lowest BCUT2D eigenvalue weighted by molar-refractivity contribution is -0.140. The van der Waals surface area contributed by atoms with E-state index in [1.54, 1.807) is 13.8 Å². The summed E-state index contributed by atoms with van der Waals surface area (Å²) in [5, 5.41) is 26.2. The molecule has 0 spiro atoms. The first kappa shape index (κ1) is 14.7. The molecular weight excluding hydrogens is 254 g/mol. The number of hydrogen-bond acceptors (Lipinski definition) is 4. The number of aliphatic carboxylic acids is 2. The van der Waals surface area contributed by atoms with E-state index in [4.69, 9.17) is 10.2 Å². The van der Waals surface area contributed by atoms with Crippen LogP contribution in [0.25, 0.3) is 0 Å². The molecule has 0 saturated heterocycles. The Morgan fingerprint density at radius 1 is 1.32 bits per heavy atom. The molecule has 0 aliphatic rings.